The smallest absolute Gasteiger partial charge is 0.258 e. The van der Waals surface area contributed by atoms with E-state index in [1.165, 1.54) is 18.0 Å². The molecule has 6 heteroatoms. The van der Waals surface area contributed by atoms with Crippen LogP contribution in [0.25, 0.3) is 0 Å². The van der Waals surface area contributed by atoms with Crippen molar-refractivity contribution in [3.8, 4) is 0 Å². The molecule has 138 valence electrons. The Bertz CT molecular complexity index is 885. The highest BCUT2D eigenvalue weighted by Crippen LogP contribution is 2.23. The molecule has 0 fully saturated rings. The summed E-state index contributed by atoms with van der Waals surface area (Å²) in [4.78, 5) is 24.8. The van der Waals surface area contributed by atoms with Crippen molar-refractivity contribution in [3.05, 3.63) is 77.9 Å². The number of carbonyl (C=O) groups is 1. The fourth-order valence-corrected chi connectivity index (χ4v) is 2.48. The van der Waals surface area contributed by atoms with Crippen molar-refractivity contribution in [2.24, 2.45) is 0 Å². The summed E-state index contributed by atoms with van der Waals surface area (Å²) in [6.45, 7) is 7.03. The number of benzene rings is 1. The molecule has 3 aromatic rings. The van der Waals surface area contributed by atoms with Crippen LogP contribution in [0.4, 0.5) is 11.6 Å². The van der Waals surface area contributed by atoms with Crippen LogP contribution in [0.2, 0.25) is 0 Å². The maximum Gasteiger partial charge on any atom is 0.258 e. The summed E-state index contributed by atoms with van der Waals surface area (Å²) < 4.78 is 0. The molecule has 0 aliphatic rings. The summed E-state index contributed by atoms with van der Waals surface area (Å²) in [5.41, 5.74) is 3.47. The third-order valence-corrected chi connectivity index (χ3v) is 4.10. The Balaban J connectivity index is 1.58. The van der Waals surface area contributed by atoms with Gasteiger partial charge < -0.3 is 10.6 Å². The highest BCUT2D eigenvalue weighted by atomic mass is 16.1. The largest absolute Gasteiger partial charge is 0.350 e. The molecule has 1 aromatic carbocycles. The maximum absolute atomic E-state index is 12.4. The van der Waals surface area contributed by atoms with Gasteiger partial charge in [-0.2, -0.15) is 0 Å². The Labute approximate surface area is 159 Å². The molecule has 6 nitrogen and oxygen atoms in total. The van der Waals surface area contributed by atoms with Gasteiger partial charge in [0, 0.05) is 37.0 Å². The fraction of sp³-hybridized carbons (Fsp3) is 0.238. The van der Waals surface area contributed by atoms with Crippen LogP contribution in [0.1, 0.15) is 42.3 Å². The van der Waals surface area contributed by atoms with Crippen LogP contribution in [0, 0.1) is 0 Å². The summed E-state index contributed by atoms with van der Waals surface area (Å²) in [7, 11) is 0. The van der Waals surface area contributed by atoms with E-state index >= 15 is 0 Å². The van der Waals surface area contributed by atoms with E-state index in [2.05, 4.69) is 46.4 Å². The number of nitrogens with one attached hydrogen (secondary N) is 2. The van der Waals surface area contributed by atoms with Gasteiger partial charge >= 0.3 is 0 Å². The minimum Gasteiger partial charge on any atom is -0.350 e. The van der Waals surface area contributed by atoms with Gasteiger partial charge in [-0.05, 0) is 34.7 Å². The first kappa shape index (κ1) is 18.5. The lowest BCUT2D eigenvalue weighted by atomic mass is 9.87. The van der Waals surface area contributed by atoms with Gasteiger partial charge in [-0.3, -0.25) is 9.78 Å². The Morgan fingerprint density at radius 1 is 1.00 bits per heavy atom. The first-order chi connectivity index (χ1) is 12.9. The molecule has 2 heterocycles. The number of amides is 1. The van der Waals surface area contributed by atoms with Crippen molar-refractivity contribution >= 4 is 17.5 Å². The van der Waals surface area contributed by atoms with Crippen LogP contribution >= 0.6 is 0 Å². The zero-order valence-electron chi connectivity index (χ0n) is 15.7. The van der Waals surface area contributed by atoms with Crippen LogP contribution in [-0.4, -0.2) is 20.9 Å². The van der Waals surface area contributed by atoms with E-state index in [-0.39, 0.29) is 11.3 Å². The van der Waals surface area contributed by atoms with Crippen LogP contribution in [0.3, 0.4) is 0 Å². The number of pyridine rings is 1. The van der Waals surface area contributed by atoms with Crippen LogP contribution in [0.5, 0.6) is 0 Å². The molecule has 27 heavy (non-hydrogen) atoms. The lowest BCUT2D eigenvalue weighted by molar-refractivity contribution is 0.102. The molecule has 0 aliphatic heterocycles. The van der Waals surface area contributed by atoms with Gasteiger partial charge in [-0.1, -0.05) is 39.0 Å². The zero-order chi connectivity index (χ0) is 19.3. The lowest BCUT2D eigenvalue weighted by Crippen LogP contribution is -2.14. The Hall–Kier alpha value is -3.28. The van der Waals surface area contributed by atoms with Gasteiger partial charge in [0.1, 0.15) is 0 Å². The molecule has 3 rings (SSSR count). The predicted molar refractivity (Wildman–Crippen MR) is 107 cm³/mol. The summed E-state index contributed by atoms with van der Waals surface area (Å²) in [6.07, 6.45) is 6.53. The molecule has 0 unspecified atom stereocenters. The van der Waals surface area contributed by atoms with E-state index < -0.39 is 0 Å². The summed E-state index contributed by atoms with van der Waals surface area (Å²) >= 11 is 0. The van der Waals surface area contributed by atoms with E-state index in [1.54, 1.807) is 12.4 Å². The monoisotopic (exact) mass is 361 g/mol. The molecular weight excluding hydrogens is 338 g/mol. The van der Waals surface area contributed by atoms with E-state index in [0.29, 0.717) is 18.1 Å². The second-order valence-electron chi connectivity index (χ2n) is 7.29. The first-order valence-corrected chi connectivity index (χ1v) is 8.78. The van der Waals surface area contributed by atoms with Gasteiger partial charge in [0.2, 0.25) is 5.95 Å². The third kappa shape index (κ3) is 5.10. The third-order valence-electron chi connectivity index (χ3n) is 4.10. The van der Waals surface area contributed by atoms with Crippen molar-refractivity contribution in [3.63, 3.8) is 0 Å². The highest BCUT2D eigenvalue weighted by molar-refractivity contribution is 6.03. The van der Waals surface area contributed by atoms with Crippen LogP contribution in [0.15, 0.2) is 61.2 Å². The molecule has 0 radical (unpaired) electrons. The first-order valence-electron chi connectivity index (χ1n) is 8.78. The van der Waals surface area contributed by atoms with Crippen molar-refractivity contribution in [2.75, 3.05) is 10.6 Å². The molecule has 0 bridgehead atoms. The van der Waals surface area contributed by atoms with Crippen molar-refractivity contribution in [1.29, 1.82) is 0 Å². The molecule has 2 aromatic heterocycles. The second-order valence-corrected chi connectivity index (χ2v) is 7.29. The normalized spacial score (nSPS) is 11.1. The summed E-state index contributed by atoms with van der Waals surface area (Å²) in [5.74, 6) is 0.224. The van der Waals surface area contributed by atoms with E-state index in [4.69, 9.17) is 0 Å². The van der Waals surface area contributed by atoms with Crippen molar-refractivity contribution < 1.29 is 4.79 Å². The number of hydrogen-bond donors (Lipinski definition) is 2. The zero-order valence-corrected chi connectivity index (χ0v) is 15.7. The number of anilines is 2. The standard InChI is InChI=1S/C21H23N5O/c1-21(2,3)17-6-8-18(9-7-17)26-19(27)16-13-24-20(25-14-16)23-12-15-5-4-10-22-11-15/h4-11,13-14H,12H2,1-3H3,(H,26,27)(H,23,24,25). The van der Waals surface area contributed by atoms with E-state index in [9.17, 15) is 4.79 Å². The van der Waals surface area contributed by atoms with Crippen molar-refractivity contribution in [1.82, 2.24) is 15.0 Å². The Kier molecular flexibility index (Phi) is 5.45. The number of hydrogen-bond acceptors (Lipinski definition) is 5. The average Bonchev–Trinajstić information content (AvgIpc) is 2.67. The fourth-order valence-electron chi connectivity index (χ4n) is 2.48. The molecule has 2 N–H and O–H groups in total. The molecule has 1 amide bonds. The molecular formula is C21H23N5O. The Morgan fingerprint density at radius 2 is 1.70 bits per heavy atom. The van der Waals surface area contributed by atoms with Gasteiger partial charge in [0.15, 0.2) is 0 Å². The molecule has 0 spiro atoms. The second kappa shape index (κ2) is 7.95. The quantitative estimate of drug-likeness (QED) is 0.717. The van der Waals surface area contributed by atoms with Gasteiger partial charge in [0.05, 0.1) is 5.56 Å². The minimum absolute atomic E-state index is 0.0784. The molecule has 0 atom stereocenters. The van der Waals surface area contributed by atoms with Crippen LogP contribution in [-0.2, 0) is 12.0 Å². The van der Waals surface area contributed by atoms with Gasteiger partial charge in [-0.25, -0.2) is 9.97 Å². The number of aromatic nitrogens is 3. The molecule has 0 saturated carbocycles. The van der Waals surface area contributed by atoms with Crippen molar-refractivity contribution in [2.45, 2.75) is 32.7 Å². The van der Waals surface area contributed by atoms with E-state index in [1.807, 2.05) is 36.4 Å². The van der Waals surface area contributed by atoms with E-state index in [0.717, 1.165) is 11.3 Å². The molecule has 0 aliphatic carbocycles. The number of rotatable bonds is 5. The summed E-state index contributed by atoms with van der Waals surface area (Å²) in [5, 5.41) is 5.97. The van der Waals surface area contributed by atoms with Gasteiger partial charge in [0.25, 0.3) is 5.91 Å². The maximum atomic E-state index is 12.4. The Morgan fingerprint density at radius 3 is 2.30 bits per heavy atom. The predicted octanol–water partition coefficient (Wildman–Crippen LogP) is 4.03. The summed E-state index contributed by atoms with van der Waals surface area (Å²) in [6, 6.07) is 11.7. The lowest BCUT2D eigenvalue weighted by Gasteiger charge is -2.19. The molecule has 0 saturated heterocycles. The SMILES string of the molecule is CC(C)(C)c1ccc(NC(=O)c2cnc(NCc3cccnc3)nc2)cc1. The van der Waals surface area contributed by atoms with Crippen LogP contribution < -0.4 is 10.6 Å². The highest BCUT2D eigenvalue weighted by Gasteiger charge is 2.13. The minimum atomic E-state index is -0.239. The average molecular weight is 361 g/mol. The topological polar surface area (TPSA) is 79.8 Å². The van der Waals surface area contributed by atoms with Gasteiger partial charge in [-0.15, -0.1) is 0 Å². The number of carbonyl (C=O) groups excluding carboxylic acids is 1. The number of nitrogens with zero attached hydrogens (tertiary/aromatic N) is 3.